The van der Waals surface area contributed by atoms with E-state index in [1.165, 1.54) is 16.0 Å². The Morgan fingerprint density at radius 1 is 1.47 bits per heavy atom. The first-order valence-electron chi connectivity index (χ1n) is 4.60. The predicted molar refractivity (Wildman–Crippen MR) is 68.2 cm³/mol. The number of halogens is 1. The van der Waals surface area contributed by atoms with E-state index in [-0.39, 0.29) is 0 Å². The van der Waals surface area contributed by atoms with Gasteiger partial charge in [0.25, 0.3) is 0 Å². The van der Waals surface area contributed by atoms with Crippen LogP contribution in [0.1, 0.15) is 16.0 Å². The van der Waals surface area contributed by atoms with Crippen molar-refractivity contribution in [3.8, 4) is 0 Å². The van der Waals surface area contributed by atoms with Crippen molar-refractivity contribution in [1.82, 2.24) is 4.98 Å². The van der Waals surface area contributed by atoms with Crippen LogP contribution in [0.5, 0.6) is 0 Å². The quantitative estimate of drug-likeness (QED) is 0.917. The number of nitrogen functional groups attached to an aromatic ring is 1. The number of hydrogen-bond acceptors (Lipinski definition) is 3. The maximum atomic E-state index is 5.59. The lowest BCUT2D eigenvalue weighted by Gasteiger charge is -2.03. The molecule has 0 saturated carbocycles. The minimum atomic E-state index is 0.639. The first kappa shape index (κ1) is 10.6. The molecule has 0 atom stereocenters. The highest BCUT2D eigenvalue weighted by molar-refractivity contribution is 9.10. The average molecular weight is 283 g/mol. The molecule has 1 aromatic heterocycles. The summed E-state index contributed by atoms with van der Waals surface area (Å²) >= 11 is 5.01. The van der Waals surface area contributed by atoms with Gasteiger partial charge in [0.15, 0.2) is 5.13 Å². The molecule has 15 heavy (non-hydrogen) atoms. The van der Waals surface area contributed by atoms with Crippen molar-refractivity contribution >= 4 is 32.4 Å². The molecule has 2 rings (SSSR count). The zero-order chi connectivity index (χ0) is 10.8. The molecule has 0 amide bonds. The van der Waals surface area contributed by atoms with Crippen LogP contribution in [0.15, 0.2) is 28.9 Å². The van der Waals surface area contributed by atoms with Crippen molar-refractivity contribution in [3.63, 3.8) is 0 Å². The van der Waals surface area contributed by atoms with Gasteiger partial charge < -0.3 is 5.73 Å². The molecule has 0 bridgehead atoms. The molecule has 2 aromatic rings. The number of benzene rings is 1. The lowest BCUT2D eigenvalue weighted by atomic mass is 10.1. The Morgan fingerprint density at radius 3 is 2.87 bits per heavy atom. The van der Waals surface area contributed by atoms with Crippen LogP contribution in [0, 0.1) is 6.92 Å². The van der Waals surface area contributed by atoms with Crippen LogP contribution >= 0.6 is 27.3 Å². The van der Waals surface area contributed by atoms with Crippen LogP contribution in [-0.2, 0) is 6.42 Å². The molecule has 0 aliphatic rings. The van der Waals surface area contributed by atoms with Crippen molar-refractivity contribution in [2.24, 2.45) is 0 Å². The smallest absolute Gasteiger partial charge is 0.180 e. The van der Waals surface area contributed by atoms with E-state index in [0.717, 1.165) is 10.9 Å². The molecule has 0 aliphatic carbocycles. The van der Waals surface area contributed by atoms with Gasteiger partial charge in [0.2, 0.25) is 0 Å². The van der Waals surface area contributed by atoms with Gasteiger partial charge in [0, 0.05) is 22.0 Å². The van der Waals surface area contributed by atoms with Crippen molar-refractivity contribution in [3.05, 3.63) is 44.9 Å². The third-order valence-electron chi connectivity index (χ3n) is 2.24. The number of nitrogens with two attached hydrogens (primary N) is 1. The van der Waals surface area contributed by atoms with Crippen LogP contribution in [-0.4, -0.2) is 4.98 Å². The molecule has 0 spiro atoms. The number of thiazole rings is 1. The molecule has 1 aromatic carbocycles. The number of rotatable bonds is 2. The number of aryl methyl sites for hydroxylation is 1. The van der Waals surface area contributed by atoms with Crippen LogP contribution < -0.4 is 5.73 Å². The van der Waals surface area contributed by atoms with E-state index in [9.17, 15) is 0 Å². The van der Waals surface area contributed by atoms with Crippen molar-refractivity contribution in [1.29, 1.82) is 0 Å². The maximum absolute atomic E-state index is 5.59. The molecular formula is C11H11BrN2S. The molecule has 0 radical (unpaired) electrons. The third-order valence-corrected chi connectivity index (χ3v) is 3.56. The molecule has 0 aliphatic heterocycles. The largest absolute Gasteiger partial charge is 0.375 e. The zero-order valence-corrected chi connectivity index (χ0v) is 10.7. The van der Waals surface area contributed by atoms with Gasteiger partial charge in [-0.1, -0.05) is 22.0 Å². The summed E-state index contributed by atoms with van der Waals surface area (Å²) in [6.45, 7) is 2.12. The molecule has 0 unspecified atom stereocenters. The van der Waals surface area contributed by atoms with Gasteiger partial charge >= 0.3 is 0 Å². The minimum absolute atomic E-state index is 0.639. The Hall–Kier alpha value is -0.870. The summed E-state index contributed by atoms with van der Waals surface area (Å²) in [5.74, 6) is 0. The fraction of sp³-hybridized carbons (Fsp3) is 0.182. The van der Waals surface area contributed by atoms with Gasteiger partial charge in [-0.3, -0.25) is 0 Å². The number of aromatic nitrogens is 1. The molecule has 1 heterocycles. The van der Waals surface area contributed by atoms with E-state index >= 15 is 0 Å². The average Bonchev–Trinajstić information content (AvgIpc) is 2.56. The molecule has 0 fully saturated rings. The Kier molecular flexibility index (Phi) is 3.07. The lowest BCUT2D eigenvalue weighted by Crippen LogP contribution is -1.89. The maximum Gasteiger partial charge on any atom is 0.180 e. The molecule has 78 valence electrons. The van der Waals surface area contributed by atoms with Crippen molar-refractivity contribution in [2.75, 3.05) is 5.73 Å². The van der Waals surface area contributed by atoms with Crippen LogP contribution in [0.4, 0.5) is 5.13 Å². The summed E-state index contributed by atoms with van der Waals surface area (Å²) in [5, 5.41) is 0.639. The first-order chi connectivity index (χ1) is 7.15. The summed E-state index contributed by atoms with van der Waals surface area (Å²) in [4.78, 5) is 5.25. The van der Waals surface area contributed by atoms with E-state index in [0.29, 0.717) is 5.13 Å². The summed E-state index contributed by atoms with van der Waals surface area (Å²) < 4.78 is 1.12. The van der Waals surface area contributed by atoms with Gasteiger partial charge in [0.05, 0.1) is 0 Å². The van der Waals surface area contributed by atoms with Gasteiger partial charge in [-0.15, -0.1) is 11.3 Å². The summed E-state index contributed by atoms with van der Waals surface area (Å²) in [5.41, 5.74) is 8.20. The normalized spacial score (nSPS) is 10.5. The number of hydrogen-bond donors (Lipinski definition) is 1. The zero-order valence-electron chi connectivity index (χ0n) is 8.33. The molecule has 4 heteroatoms. The fourth-order valence-corrected chi connectivity index (χ4v) is 2.63. The van der Waals surface area contributed by atoms with E-state index < -0.39 is 0 Å². The van der Waals surface area contributed by atoms with E-state index in [4.69, 9.17) is 5.73 Å². The van der Waals surface area contributed by atoms with Gasteiger partial charge in [-0.05, 0) is 30.2 Å². The number of nitrogens with zero attached hydrogens (tertiary/aromatic N) is 1. The predicted octanol–water partition coefficient (Wildman–Crippen LogP) is 3.39. The first-order valence-corrected chi connectivity index (χ1v) is 6.21. The van der Waals surface area contributed by atoms with Crippen LogP contribution in [0.25, 0.3) is 0 Å². The van der Waals surface area contributed by atoms with Gasteiger partial charge in [0.1, 0.15) is 0 Å². The Labute approximate surface area is 101 Å². The molecule has 2 nitrogen and oxygen atoms in total. The van der Waals surface area contributed by atoms with Crippen molar-refractivity contribution in [2.45, 2.75) is 13.3 Å². The highest BCUT2D eigenvalue weighted by Crippen LogP contribution is 2.22. The summed E-state index contributed by atoms with van der Waals surface area (Å²) in [6.07, 6.45) is 2.76. The van der Waals surface area contributed by atoms with Gasteiger partial charge in [-0.2, -0.15) is 0 Å². The monoisotopic (exact) mass is 282 g/mol. The molecule has 0 saturated heterocycles. The van der Waals surface area contributed by atoms with Crippen LogP contribution in [0.3, 0.4) is 0 Å². The SMILES string of the molecule is Cc1cc(Br)ccc1Cc1cnc(N)s1. The fourth-order valence-electron chi connectivity index (χ4n) is 1.45. The van der Waals surface area contributed by atoms with E-state index in [2.05, 4.69) is 46.0 Å². The van der Waals surface area contributed by atoms with E-state index in [1.807, 2.05) is 6.20 Å². The van der Waals surface area contributed by atoms with Crippen LogP contribution in [0.2, 0.25) is 0 Å². The number of anilines is 1. The van der Waals surface area contributed by atoms with Gasteiger partial charge in [-0.25, -0.2) is 4.98 Å². The Balaban J connectivity index is 2.24. The van der Waals surface area contributed by atoms with Crippen molar-refractivity contribution < 1.29 is 0 Å². The highest BCUT2D eigenvalue weighted by Gasteiger charge is 2.03. The second-order valence-electron chi connectivity index (χ2n) is 3.41. The second-order valence-corrected chi connectivity index (χ2v) is 5.47. The third kappa shape index (κ3) is 2.58. The standard InChI is InChI=1S/C11H11BrN2S/c1-7-4-9(12)3-2-8(7)5-10-6-14-11(13)15-10/h2-4,6H,5H2,1H3,(H2,13,14). The topological polar surface area (TPSA) is 38.9 Å². The van der Waals surface area contributed by atoms with E-state index in [1.54, 1.807) is 11.3 Å². The second kappa shape index (κ2) is 4.33. The molecular weight excluding hydrogens is 272 g/mol. The lowest BCUT2D eigenvalue weighted by molar-refractivity contribution is 1.17. The summed E-state index contributed by atoms with van der Waals surface area (Å²) in [6, 6.07) is 6.32. The minimum Gasteiger partial charge on any atom is -0.375 e. The summed E-state index contributed by atoms with van der Waals surface area (Å²) in [7, 11) is 0. The Bertz CT molecular complexity index is 479. The highest BCUT2D eigenvalue weighted by atomic mass is 79.9. The Morgan fingerprint density at radius 2 is 2.27 bits per heavy atom. The molecule has 2 N–H and O–H groups in total.